The number of hydrogen-bond donors (Lipinski definition) is 3. The van der Waals surface area contributed by atoms with Gasteiger partial charge < -0.3 is 16.4 Å². The molecule has 19 heavy (non-hydrogen) atoms. The Kier molecular flexibility index (Phi) is 3.69. The molecule has 1 aromatic rings. The van der Waals surface area contributed by atoms with E-state index in [2.05, 4.69) is 24.5 Å². The van der Waals surface area contributed by atoms with Crippen molar-refractivity contribution in [2.24, 2.45) is 11.3 Å². The molecule has 0 bridgehead atoms. The molecule has 0 saturated heterocycles. The Morgan fingerprint density at radius 3 is 2.58 bits per heavy atom. The van der Waals surface area contributed by atoms with Crippen molar-refractivity contribution >= 4 is 17.3 Å². The Bertz CT molecular complexity index is 478. The van der Waals surface area contributed by atoms with Crippen LogP contribution in [0, 0.1) is 11.3 Å². The number of nitrogen functional groups attached to an aromatic ring is 1. The van der Waals surface area contributed by atoms with Crippen LogP contribution >= 0.6 is 0 Å². The predicted molar refractivity (Wildman–Crippen MR) is 79.2 cm³/mol. The predicted octanol–water partition coefficient (Wildman–Crippen LogP) is 2.48. The van der Waals surface area contributed by atoms with Crippen LogP contribution in [-0.4, -0.2) is 19.5 Å². The van der Waals surface area contributed by atoms with E-state index in [9.17, 15) is 4.79 Å². The van der Waals surface area contributed by atoms with Crippen molar-refractivity contribution in [3.63, 3.8) is 0 Å². The summed E-state index contributed by atoms with van der Waals surface area (Å²) in [5.74, 6) is 0.575. The Labute approximate surface area is 114 Å². The largest absolute Gasteiger partial charge is 0.397 e. The highest BCUT2D eigenvalue weighted by atomic mass is 16.1. The highest BCUT2D eigenvalue weighted by Gasteiger charge is 2.44. The molecule has 0 radical (unpaired) electrons. The molecule has 1 saturated carbocycles. The van der Waals surface area contributed by atoms with Crippen LogP contribution in [0.2, 0.25) is 0 Å². The monoisotopic (exact) mass is 261 g/mol. The molecule has 0 heterocycles. The van der Waals surface area contributed by atoms with Crippen molar-refractivity contribution in [1.29, 1.82) is 0 Å². The standard InChI is InChI=1S/C15H23N3O/c1-10(2)15(6-7-15)9-18-13-5-4-11(8-12(13)16)14(19)17-3/h4-5,8,10,18H,6-7,9,16H2,1-3H3,(H,17,19). The first-order valence-electron chi connectivity index (χ1n) is 6.84. The maximum atomic E-state index is 11.5. The maximum absolute atomic E-state index is 11.5. The molecule has 0 spiro atoms. The molecule has 1 aliphatic rings. The Morgan fingerprint density at radius 2 is 2.11 bits per heavy atom. The van der Waals surface area contributed by atoms with Crippen molar-refractivity contribution in [2.75, 3.05) is 24.6 Å². The van der Waals surface area contributed by atoms with Gasteiger partial charge in [-0.15, -0.1) is 0 Å². The lowest BCUT2D eigenvalue weighted by atomic mass is 9.92. The van der Waals surface area contributed by atoms with E-state index in [0.717, 1.165) is 12.2 Å². The van der Waals surface area contributed by atoms with Gasteiger partial charge in [0.15, 0.2) is 0 Å². The number of hydrogen-bond acceptors (Lipinski definition) is 3. The molecule has 0 unspecified atom stereocenters. The summed E-state index contributed by atoms with van der Waals surface area (Å²) in [7, 11) is 1.62. The summed E-state index contributed by atoms with van der Waals surface area (Å²) >= 11 is 0. The second kappa shape index (κ2) is 5.11. The van der Waals surface area contributed by atoms with Crippen LogP contribution in [-0.2, 0) is 0 Å². The molecule has 4 heteroatoms. The van der Waals surface area contributed by atoms with Gasteiger partial charge in [-0.05, 0) is 42.4 Å². The smallest absolute Gasteiger partial charge is 0.251 e. The molecule has 4 N–H and O–H groups in total. The first kappa shape index (κ1) is 13.7. The van der Waals surface area contributed by atoms with Crippen LogP contribution < -0.4 is 16.4 Å². The number of amides is 1. The molecule has 1 aliphatic carbocycles. The lowest BCUT2D eigenvalue weighted by Gasteiger charge is -2.21. The third-order valence-electron chi connectivity index (χ3n) is 4.29. The van der Waals surface area contributed by atoms with Gasteiger partial charge in [0.2, 0.25) is 0 Å². The lowest BCUT2D eigenvalue weighted by molar-refractivity contribution is 0.0963. The van der Waals surface area contributed by atoms with Gasteiger partial charge in [0, 0.05) is 19.2 Å². The number of carbonyl (C=O) groups is 1. The van der Waals surface area contributed by atoms with E-state index >= 15 is 0 Å². The fourth-order valence-electron chi connectivity index (χ4n) is 2.40. The van der Waals surface area contributed by atoms with E-state index < -0.39 is 0 Å². The van der Waals surface area contributed by atoms with Crippen molar-refractivity contribution in [3.05, 3.63) is 23.8 Å². The van der Waals surface area contributed by atoms with E-state index in [1.165, 1.54) is 12.8 Å². The van der Waals surface area contributed by atoms with Gasteiger partial charge in [0.1, 0.15) is 0 Å². The maximum Gasteiger partial charge on any atom is 0.251 e. The summed E-state index contributed by atoms with van der Waals surface area (Å²) in [6.07, 6.45) is 2.57. The molecule has 1 fully saturated rings. The minimum atomic E-state index is -0.112. The van der Waals surface area contributed by atoms with Gasteiger partial charge in [-0.2, -0.15) is 0 Å². The van der Waals surface area contributed by atoms with E-state index in [0.29, 0.717) is 22.6 Å². The molecular weight excluding hydrogens is 238 g/mol. The van der Waals surface area contributed by atoms with Gasteiger partial charge in [-0.1, -0.05) is 13.8 Å². The number of rotatable bonds is 5. The first-order valence-corrected chi connectivity index (χ1v) is 6.84. The summed E-state index contributed by atoms with van der Waals surface area (Å²) in [4.78, 5) is 11.5. The van der Waals surface area contributed by atoms with Crippen LogP contribution in [0.15, 0.2) is 18.2 Å². The van der Waals surface area contributed by atoms with Crippen molar-refractivity contribution in [1.82, 2.24) is 5.32 Å². The van der Waals surface area contributed by atoms with Gasteiger partial charge in [-0.25, -0.2) is 0 Å². The van der Waals surface area contributed by atoms with Crippen molar-refractivity contribution in [3.8, 4) is 0 Å². The second-order valence-corrected chi connectivity index (χ2v) is 5.75. The van der Waals surface area contributed by atoms with Gasteiger partial charge in [-0.3, -0.25) is 4.79 Å². The molecule has 1 amide bonds. The van der Waals surface area contributed by atoms with E-state index in [4.69, 9.17) is 5.73 Å². The van der Waals surface area contributed by atoms with Crippen LogP contribution in [0.4, 0.5) is 11.4 Å². The van der Waals surface area contributed by atoms with Crippen molar-refractivity contribution in [2.45, 2.75) is 26.7 Å². The second-order valence-electron chi connectivity index (χ2n) is 5.75. The SMILES string of the molecule is CNC(=O)c1ccc(NCC2(C(C)C)CC2)c(N)c1. The Hall–Kier alpha value is -1.71. The molecule has 2 rings (SSSR count). The van der Waals surface area contributed by atoms with Gasteiger partial charge >= 0.3 is 0 Å². The van der Waals surface area contributed by atoms with E-state index in [1.807, 2.05) is 6.07 Å². The number of anilines is 2. The zero-order valence-corrected chi connectivity index (χ0v) is 11.9. The molecule has 0 aliphatic heterocycles. The third kappa shape index (κ3) is 2.83. The summed E-state index contributed by atoms with van der Waals surface area (Å²) in [5.41, 5.74) is 8.57. The third-order valence-corrected chi connectivity index (χ3v) is 4.29. The number of benzene rings is 1. The van der Waals surface area contributed by atoms with Gasteiger partial charge in [0.05, 0.1) is 11.4 Å². The normalized spacial score (nSPS) is 16.2. The van der Waals surface area contributed by atoms with E-state index in [-0.39, 0.29) is 5.91 Å². The summed E-state index contributed by atoms with van der Waals surface area (Å²) < 4.78 is 0. The van der Waals surface area contributed by atoms with Crippen LogP contribution in [0.25, 0.3) is 0 Å². The summed E-state index contributed by atoms with van der Waals surface area (Å²) in [6.45, 7) is 5.49. The Balaban J connectivity index is 2.04. The highest BCUT2D eigenvalue weighted by molar-refractivity contribution is 5.95. The zero-order chi connectivity index (χ0) is 14.0. The Morgan fingerprint density at radius 1 is 1.42 bits per heavy atom. The topological polar surface area (TPSA) is 67.2 Å². The average molecular weight is 261 g/mol. The summed E-state index contributed by atoms with van der Waals surface area (Å²) in [6, 6.07) is 5.40. The average Bonchev–Trinajstić information content (AvgIpc) is 3.17. The molecule has 4 nitrogen and oxygen atoms in total. The number of nitrogens with one attached hydrogen (secondary N) is 2. The fourth-order valence-corrected chi connectivity index (χ4v) is 2.40. The minimum absolute atomic E-state index is 0.112. The lowest BCUT2D eigenvalue weighted by Crippen LogP contribution is -2.22. The summed E-state index contributed by atoms with van der Waals surface area (Å²) in [5, 5.41) is 6.02. The zero-order valence-electron chi connectivity index (χ0n) is 11.9. The van der Waals surface area contributed by atoms with Crippen LogP contribution in [0.1, 0.15) is 37.0 Å². The van der Waals surface area contributed by atoms with Crippen LogP contribution in [0.3, 0.4) is 0 Å². The highest BCUT2D eigenvalue weighted by Crippen LogP contribution is 2.51. The van der Waals surface area contributed by atoms with Crippen LogP contribution in [0.5, 0.6) is 0 Å². The molecule has 104 valence electrons. The number of carbonyl (C=O) groups excluding carboxylic acids is 1. The molecule has 1 aromatic carbocycles. The molecule has 0 atom stereocenters. The quantitative estimate of drug-likeness (QED) is 0.713. The van der Waals surface area contributed by atoms with Crippen molar-refractivity contribution < 1.29 is 4.79 Å². The molecule has 0 aromatic heterocycles. The first-order chi connectivity index (χ1) is 8.98. The van der Waals surface area contributed by atoms with E-state index in [1.54, 1.807) is 19.2 Å². The molecular formula is C15H23N3O. The minimum Gasteiger partial charge on any atom is -0.397 e. The fraction of sp³-hybridized carbons (Fsp3) is 0.533. The number of nitrogens with two attached hydrogens (primary N) is 1. The van der Waals surface area contributed by atoms with Gasteiger partial charge in [0.25, 0.3) is 5.91 Å².